The third kappa shape index (κ3) is 3.98. The minimum absolute atomic E-state index is 0.154. The topological polar surface area (TPSA) is 88.5 Å². The zero-order valence-electron chi connectivity index (χ0n) is 16.1. The standard InChI is InChI=1S/C20H32O6/c1-12-5-6-16-20(4,25-16)10-7-14-11-17(24-18(21)13(14)2)19(3,22)9-8-15(12)26-23/h13-17,22-23H,1,5-11H2,2-4H3. The second-order valence-electron chi connectivity index (χ2n) is 8.85. The summed E-state index contributed by atoms with van der Waals surface area (Å²) in [6.07, 6.45) is 3.85. The lowest BCUT2D eigenvalue weighted by molar-refractivity contribution is -0.272. The van der Waals surface area contributed by atoms with E-state index in [1.165, 1.54) is 0 Å². The minimum Gasteiger partial charge on any atom is -0.459 e. The van der Waals surface area contributed by atoms with Gasteiger partial charge in [0.1, 0.15) is 12.2 Å². The summed E-state index contributed by atoms with van der Waals surface area (Å²) < 4.78 is 11.5. The number of carbonyl (C=O) groups excluding carboxylic acids is 1. The lowest BCUT2D eigenvalue weighted by atomic mass is 9.76. The van der Waals surface area contributed by atoms with E-state index in [1.807, 2.05) is 6.92 Å². The van der Waals surface area contributed by atoms with Gasteiger partial charge in [0.05, 0.1) is 23.2 Å². The van der Waals surface area contributed by atoms with Crippen molar-refractivity contribution >= 4 is 5.97 Å². The molecule has 0 amide bonds. The van der Waals surface area contributed by atoms with Crippen LogP contribution >= 0.6 is 0 Å². The Bertz CT molecular complexity index is 559. The summed E-state index contributed by atoms with van der Waals surface area (Å²) in [5, 5.41) is 20.2. The summed E-state index contributed by atoms with van der Waals surface area (Å²) in [6, 6.07) is 0. The summed E-state index contributed by atoms with van der Waals surface area (Å²) in [6.45, 7) is 9.76. The molecule has 26 heavy (non-hydrogen) atoms. The number of rotatable bonds is 1. The maximum absolute atomic E-state index is 12.3. The molecule has 148 valence electrons. The van der Waals surface area contributed by atoms with E-state index in [0.29, 0.717) is 25.7 Å². The molecule has 2 bridgehead atoms. The van der Waals surface area contributed by atoms with Crippen molar-refractivity contribution in [2.24, 2.45) is 11.8 Å². The predicted molar refractivity (Wildman–Crippen MR) is 95.4 cm³/mol. The number of ether oxygens (including phenoxy) is 2. The Morgan fingerprint density at radius 3 is 2.62 bits per heavy atom. The quantitative estimate of drug-likeness (QED) is 0.243. The highest BCUT2D eigenvalue weighted by atomic mass is 17.1. The van der Waals surface area contributed by atoms with Crippen LogP contribution in [0.4, 0.5) is 0 Å². The van der Waals surface area contributed by atoms with Crippen molar-refractivity contribution in [3.05, 3.63) is 12.2 Å². The normalized spacial score (nSPS) is 47.5. The van der Waals surface area contributed by atoms with Gasteiger partial charge in [0.25, 0.3) is 0 Å². The molecule has 7 atom stereocenters. The van der Waals surface area contributed by atoms with Crippen LogP contribution in [0.25, 0.3) is 0 Å². The highest BCUT2D eigenvalue weighted by Crippen LogP contribution is 2.46. The molecular weight excluding hydrogens is 336 g/mol. The first-order chi connectivity index (χ1) is 12.2. The zero-order valence-corrected chi connectivity index (χ0v) is 16.1. The van der Waals surface area contributed by atoms with E-state index < -0.39 is 17.8 Å². The SMILES string of the molecule is C=C1CCC2OC2(C)CCC2CC(OC(=O)C2C)C(C)(O)CCC1OO. The van der Waals surface area contributed by atoms with Crippen LogP contribution < -0.4 is 0 Å². The van der Waals surface area contributed by atoms with Crippen LogP contribution in [0.2, 0.25) is 0 Å². The highest BCUT2D eigenvalue weighted by molar-refractivity contribution is 5.73. The van der Waals surface area contributed by atoms with Crippen LogP contribution in [0.5, 0.6) is 0 Å². The monoisotopic (exact) mass is 368 g/mol. The maximum atomic E-state index is 12.3. The van der Waals surface area contributed by atoms with Crippen LogP contribution in [0.1, 0.15) is 65.7 Å². The van der Waals surface area contributed by atoms with Gasteiger partial charge in [-0.3, -0.25) is 10.1 Å². The van der Waals surface area contributed by atoms with Gasteiger partial charge in [0.2, 0.25) is 0 Å². The number of aliphatic hydroxyl groups is 1. The summed E-state index contributed by atoms with van der Waals surface area (Å²) in [4.78, 5) is 16.9. The van der Waals surface area contributed by atoms with E-state index in [0.717, 1.165) is 24.8 Å². The Kier molecular flexibility index (Phi) is 5.50. The second kappa shape index (κ2) is 7.23. The number of esters is 1. The van der Waals surface area contributed by atoms with Gasteiger partial charge in [-0.15, -0.1) is 0 Å². The van der Waals surface area contributed by atoms with Gasteiger partial charge in [-0.25, -0.2) is 4.89 Å². The predicted octanol–water partition coefficient (Wildman–Crippen LogP) is 3.23. The second-order valence-corrected chi connectivity index (χ2v) is 8.85. The Labute approximate surface area is 155 Å². The smallest absolute Gasteiger partial charge is 0.309 e. The molecule has 3 fully saturated rings. The van der Waals surface area contributed by atoms with E-state index in [4.69, 9.17) is 9.47 Å². The molecule has 2 N–H and O–H groups in total. The first kappa shape index (κ1) is 19.8. The summed E-state index contributed by atoms with van der Waals surface area (Å²) >= 11 is 0. The van der Waals surface area contributed by atoms with Crippen molar-refractivity contribution in [3.8, 4) is 0 Å². The first-order valence-corrected chi connectivity index (χ1v) is 9.75. The van der Waals surface area contributed by atoms with Gasteiger partial charge in [-0.2, -0.15) is 0 Å². The molecular formula is C20H32O6. The van der Waals surface area contributed by atoms with Crippen LogP contribution in [0, 0.1) is 11.8 Å². The minimum atomic E-state index is -1.17. The highest BCUT2D eigenvalue weighted by Gasteiger charge is 2.52. The Balaban J connectivity index is 1.79. The van der Waals surface area contributed by atoms with Crippen LogP contribution in [-0.4, -0.2) is 45.8 Å². The van der Waals surface area contributed by atoms with Gasteiger partial charge in [-0.1, -0.05) is 13.5 Å². The zero-order chi connectivity index (χ0) is 19.1. The molecule has 2 saturated heterocycles. The fraction of sp³-hybridized carbons (Fsp3) is 0.850. The Hall–Kier alpha value is -0.950. The molecule has 7 unspecified atom stereocenters. The fourth-order valence-electron chi connectivity index (χ4n) is 4.46. The first-order valence-electron chi connectivity index (χ1n) is 9.75. The van der Waals surface area contributed by atoms with E-state index in [1.54, 1.807) is 6.92 Å². The van der Waals surface area contributed by atoms with Crippen LogP contribution in [0.3, 0.4) is 0 Å². The van der Waals surface area contributed by atoms with Gasteiger partial charge < -0.3 is 14.6 Å². The third-order valence-electron chi connectivity index (χ3n) is 6.82. The largest absolute Gasteiger partial charge is 0.459 e. The van der Waals surface area contributed by atoms with Gasteiger partial charge >= 0.3 is 5.97 Å². The van der Waals surface area contributed by atoms with Crippen molar-refractivity contribution < 1.29 is 29.5 Å². The molecule has 0 aromatic rings. The van der Waals surface area contributed by atoms with E-state index in [-0.39, 0.29) is 29.5 Å². The number of fused-ring (bicyclic) bond motifs is 3. The molecule has 0 radical (unpaired) electrons. The lowest BCUT2D eigenvalue weighted by Gasteiger charge is -2.41. The Morgan fingerprint density at radius 2 is 1.92 bits per heavy atom. The van der Waals surface area contributed by atoms with Crippen LogP contribution in [0.15, 0.2) is 12.2 Å². The molecule has 2 heterocycles. The fourth-order valence-corrected chi connectivity index (χ4v) is 4.46. The average molecular weight is 368 g/mol. The number of epoxide rings is 1. The van der Waals surface area contributed by atoms with Gasteiger partial charge in [0, 0.05) is 0 Å². The molecule has 6 nitrogen and oxygen atoms in total. The molecule has 3 rings (SSSR count). The molecule has 1 aliphatic carbocycles. The summed E-state index contributed by atoms with van der Waals surface area (Å²) in [5.74, 6) is -0.224. The van der Waals surface area contributed by atoms with E-state index in [9.17, 15) is 15.2 Å². The van der Waals surface area contributed by atoms with E-state index >= 15 is 0 Å². The van der Waals surface area contributed by atoms with Crippen molar-refractivity contribution in [2.45, 2.75) is 95.2 Å². The third-order valence-corrected chi connectivity index (χ3v) is 6.82. The molecule has 0 spiro atoms. The maximum Gasteiger partial charge on any atom is 0.309 e. The average Bonchev–Trinajstić information content (AvgIpc) is 3.24. The van der Waals surface area contributed by atoms with E-state index in [2.05, 4.69) is 18.4 Å². The molecule has 2 aliphatic heterocycles. The van der Waals surface area contributed by atoms with Gasteiger partial charge in [0.15, 0.2) is 0 Å². The number of carbonyl (C=O) groups is 1. The van der Waals surface area contributed by atoms with Crippen molar-refractivity contribution in [3.63, 3.8) is 0 Å². The summed E-state index contributed by atoms with van der Waals surface area (Å²) in [5.41, 5.74) is -0.526. The molecule has 0 aromatic carbocycles. The van der Waals surface area contributed by atoms with Crippen LogP contribution in [-0.2, 0) is 19.2 Å². The molecule has 6 heteroatoms. The van der Waals surface area contributed by atoms with Crippen molar-refractivity contribution in [2.75, 3.05) is 0 Å². The molecule has 0 aromatic heterocycles. The number of hydrogen-bond donors (Lipinski definition) is 2. The molecule has 1 saturated carbocycles. The lowest BCUT2D eigenvalue weighted by Crippen LogP contribution is -2.49. The number of hydrogen-bond acceptors (Lipinski definition) is 6. The van der Waals surface area contributed by atoms with Gasteiger partial charge in [-0.05, 0) is 70.3 Å². The van der Waals surface area contributed by atoms with Crippen molar-refractivity contribution in [1.82, 2.24) is 0 Å². The Morgan fingerprint density at radius 1 is 1.19 bits per heavy atom. The summed E-state index contributed by atoms with van der Waals surface area (Å²) in [7, 11) is 0. The molecule has 3 aliphatic rings. The van der Waals surface area contributed by atoms with Crippen molar-refractivity contribution in [1.29, 1.82) is 0 Å².